The highest BCUT2D eigenvalue weighted by Gasteiger charge is 2.36. The molecule has 0 bridgehead atoms. The summed E-state index contributed by atoms with van der Waals surface area (Å²) in [6.07, 6.45) is 3.37. The Morgan fingerprint density at radius 2 is 1.07 bits per heavy atom. The molecule has 0 aliphatic heterocycles. The van der Waals surface area contributed by atoms with Crippen LogP contribution >= 0.6 is 0 Å². The lowest BCUT2D eigenvalue weighted by Gasteiger charge is -2.22. The second kappa shape index (κ2) is 11.7. The van der Waals surface area contributed by atoms with Gasteiger partial charge in [-0.25, -0.2) is 0 Å². The second-order valence-corrected chi connectivity index (χ2v) is 12.3. The van der Waals surface area contributed by atoms with Crippen LogP contribution in [-0.2, 0) is 17.3 Å². The van der Waals surface area contributed by atoms with E-state index in [2.05, 4.69) is 69.9 Å². The number of fused-ring (bicyclic) bond motifs is 6. The molecule has 0 fully saturated rings. The largest absolute Gasteiger partial charge is 0.508 e. The van der Waals surface area contributed by atoms with Crippen molar-refractivity contribution in [2.75, 3.05) is 13.2 Å². The molecule has 0 saturated heterocycles. The monoisotopic (exact) mass is 560 g/mol. The molecule has 0 amide bonds. The molecule has 0 unspecified atom stereocenters. The third-order valence-corrected chi connectivity index (χ3v) is 8.73. The molecular formula is C38H40O4. The lowest BCUT2D eigenvalue weighted by molar-refractivity contribution is 0.284. The Morgan fingerprint density at radius 3 is 1.62 bits per heavy atom. The lowest BCUT2D eigenvalue weighted by Crippen LogP contribution is -2.15. The maximum Gasteiger partial charge on any atom is 0.115 e. The summed E-state index contributed by atoms with van der Waals surface area (Å²) < 4.78 is 0. The van der Waals surface area contributed by atoms with E-state index in [-0.39, 0.29) is 24.0 Å². The quantitative estimate of drug-likeness (QED) is 0.151. The highest BCUT2D eigenvalue weighted by atomic mass is 16.3. The van der Waals surface area contributed by atoms with E-state index in [9.17, 15) is 10.2 Å². The number of phenols is 2. The van der Waals surface area contributed by atoms with Crippen LogP contribution in [0.2, 0.25) is 0 Å². The van der Waals surface area contributed by atoms with Gasteiger partial charge in [-0.2, -0.15) is 0 Å². The molecule has 216 valence electrons. The molecule has 0 atom stereocenters. The standard InChI is InChI=1S/C19H22O2.C19H18O2/c2*1-19(2)17-11-13(5-3-4-10-20)6-8-15(17)16-9-7-14(21)12-18(16)19/h6-9,11-12,20-21H,3-5,10H2,1-2H3;6-9,11-12,20-21H,4,10H2,1-2H3. The molecule has 0 saturated carbocycles. The van der Waals surface area contributed by atoms with Crippen LogP contribution in [0.4, 0.5) is 0 Å². The smallest absolute Gasteiger partial charge is 0.115 e. The Labute approximate surface area is 249 Å². The molecule has 4 aromatic rings. The van der Waals surface area contributed by atoms with Crippen LogP contribution < -0.4 is 0 Å². The van der Waals surface area contributed by atoms with E-state index in [1.54, 1.807) is 12.1 Å². The van der Waals surface area contributed by atoms with Gasteiger partial charge in [-0.1, -0.05) is 75.9 Å². The van der Waals surface area contributed by atoms with Crippen molar-refractivity contribution >= 4 is 0 Å². The molecule has 42 heavy (non-hydrogen) atoms. The van der Waals surface area contributed by atoms with Crippen LogP contribution in [-0.4, -0.2) is 33.6 Å². The first-order valence-corrected chi connectivity index (χ1v) is 14.7. The van der Waals surface area contributed by atoms with E-state index in [0.717, 1.165) is 30.4 Å². The van der Waals surface area contributed by atoms with Gasteiger partial charge in [0, 0.05) is 29.4 Å². The zero-order chi connectivity index (χ0) is 30.1. The highest BCUT2D eigenvalue weighted by Crippen LogP contribution is 2.51. The maximum absolute atomic E-state index is 9.78. The van der Waals surface area contributed by atoms with Gasteiger partial charge >= 0.3 is 0 Å². The number of hydrogen-bond donors (Lipinski definition) is 4. The van der Waals surface area contributed by atoms with Gasteiger partial charge in [0.05, 0.1) is 6.61 Å². The van der Waals surface area contributed by atoms with Crippen molar-refractivity contribution in [3.05, 3.63) is 106 Å². The number of hydrogen-bond acceptors (Lipinski definition) is 4. The molecule has 6 rings (SSSR count). The number of aliphatic hydroxyl groups is 2. The van der Waals surface area contributed by atoms with Crippen molar-refractivity contribution in [3.8, 4) is 45.6 Å². The molecule has 4 N–H and O–H groups in total. The first-order chi connectivity index (χ1) is 20.1. The Kier molecular flexibility index (Phi) is 8.19. The minimum absolute atomic E-state index is 0.0730. The average Bonchev–Trinajstić information content (AvgIpc) is 3.32. The Morgan fingerprint density at radius 1 is 0.571 bits per heavy atom. The molecule has 2 aliphatic rings. The number of aromatic hydroxyl groups is 2. The van der Waals surface area contributed by atoms with Gasteiger partial charge in [0.25, 0.3) is 0 Å². The van der Waals surface area contributed by atoms with Crippen molar-refractivity contribution in [2.45, 2.75) is 64.2 Å². The van der Waals surface area contributed by atoms with E-state index < -0.39 is 0 Å². The predicted octanol–water partition coefficient (Wildman–Crippen LogP) is 7.45. The first-order valence-electron chi connectivity index (χ1n) is 14.7. The number of aryl methyl sites for hydroxylation is 1. The summed E-state index contributed by atoms with van der Waals surface area (Å²) in [5.41, 5.74) is 11.9. The van der Waals surface area contributed by atoms with Crippen molar-refractivity contribution in [3.63, 3.8) is 0 Å². The Balaban J connectivity index is 0.000000168. The van der Waals surface area contributed by atoms with Crippen LogP contribution in [0.3, 0.4) is 0 Å². The van der Waals surface area contributed by atoms with E-state index in [1.807, 2.05) is 30.3 Å². The van der Waals surface area contributed by atoms with Crippen LogP contribution in [0.5, 0.6) is 11.5 Å². The molecule has 0 radical (unpaired) electrons. The normalized spacial score (nSPS) is 14.4. The number of aliphatic hydroxyl groups excluding tert-OH is 2. The maximum atomic E-state index is 9.78. The first kappa shape index (κ1) is 29.5. The van der Waals surface area contributed by atoms with Crippen LogP contribution in [0.1, 0.15) is 80.3 Å². The van der Waals surface area contributed by atoms with Crippen LogP contribution in [0, 0.1) is 11.8 Å². The summed E-state index contributed by atoms with van der Waals surface area (Å²) in [5, 5.41) is 37.2. The fourth-order valence-corrected chi connectivity index (χ4v) is 6.39. The molecule has 2 aliphatic carbocycles. The van der Waals surface area contributed by atoms with Crippen LogP contribution in [0.15, 0.2) is 72.8 Å². The van der Waals surface area contributed by atoms with Crippen molar-refractivity contribution in [1.29, 1.82) is 0 Å². The Bertz CT molecular complexity index is 1680. The highest BCUT2D eigenvalue weighted by molar-refractivity contribution is 5.82. The van der Waals surface area contributed by atoms with Gasteiger partial charge < -0.3 is 20.4 Å². The third kappa shape index (κ3) is 5.43. The summed E-state index contributed by atoms with van der Waals surface area (Å²) in [4.78, 5) is 0. The molecule has 4 heteroatoms. The lowest BCUT2D eigenvalue weighted by atomic mass is 9.81. The molecule has 0 aromatic heterocycles. The third-order valence-electron chi connectivity index (χ3n) is 8.73. The molecular weight excluding hydrogens is 520 g/mol. The minimum Gasteiger partial charge on any atom is -0.508 e. The van der Waals surface area contributed by atoms with E-state index >= 15 is 0 Å². The molecule has 0 heterocycles. The number of phenolic OH excluding ortho intramolecular Hbond substituents is 2. The topological polar surface area (TPSA) is 80.9 Å². The number of rotatable bonds is 5. The van der Waals surface area contributed by atoms with E-state index in [0.29, 0.717) is 17.9 Å². The van der Waals surface area contributed by atoms with Gasteiger partial charge in [-0.15, -0.1) is 0 Å². The summed E-state index contributed by atoms with van der Waals surface area (Å²) in [7, 11) is 0. The summed E-state index contributed by atoms with van der Waals surface area (Å²) in [6.45, 7) is 9.13. The second-order valence-electron chi connectivity index (χ2n) is 12.3. The number of benzene rings is 4. The van der Waals surface area contributed by atoms with Gasteiger partial charge in [0.1, 0.15) is 11.5 Å². The van der Waals surface area contributed by atoms with Crippen LogP contribution in [0.25, 0.3) is 22.3 Å². The van der Waals surface area contributed by atoms with Crippen molar-refractivity contribution in [2.24, 2.45) is 0 Å². The van der Waals surface area contributed by atoms with E-state index in [1.165, 1.54) is 44.5 Å². The zero-order valence-electron chi connectivity index (χ0n) is 25.0. The van der Waals surface area contributed by atoms with Gasteiger partial charge in [0.2, 0.25) is 0 Å². The number of unbranched alkanes of at least 4 members (excludes halogenated alkanes) is 1. The Hall–Kier alpha value is -4.04. The predicted molar refractivity (Wildman–Crippen MR) is 170 cm³/mol. The minimum atomic E-state index is -0.141. The summed E-state index contributed by atoms with van der Waals surface area (Å²) in [6, 6.07) is 24.2. The van der Waals surface area contributed by atoms with Gasteiger partial charge in [0.15, 0.2) is 0 Å². The molecule has 4 nitrogen and oxygen atoms in total. The summed E-state index contributed by atoms with van der Waals surface area (Å²) in [5.74, 6) is 6.69. The molecule has 0 spiro atoms. The van der Waals surface area contributed by atoms with Gasteiger partial charge in [-0.3, -0.25) is 0 Å². The SMILES string of the molecule is CC1(C)c2cc(O)ccc2-c2ccc(C#CCCO)cc21.CC1(C)c2cc(O)ccc2-c2ccc(CCCCO)cc21. The fraction of sp³-hybridized carbons (Fsp3) is 0.316. The van der Waals surface area contributed by atoms with Crippen molar-refractivity contribution in [1.82, 2.24) is 0 Å². The fourth-order valence-electron chi connectivity index (χ4n) is 6.39. The van der Waals surface area contributed by atoms with E-state index in [4.69, 9.17) is 10.2 Å². The zero-order valence-corrected chi connectivity index (χ0v) is 25.0. The average molecular weight is 561 g/mol. The van der Waals surface area contributed by atoms with Crippen molar-refractivity contribution < 1.29 is 20.4 Å². The summed E-state index contributed by atoms with van der Waals surface area (Å²) >= 11 is 0. The van der Waals surface area contributed by atoms with Gasteiger partial charge in [-0.05, 0) is 106 Å². The molecule has 4 aromatic carbocycles.